The molecule has 5 nitrogen and oxygen atoms in total. The van der Waals surface area contributed by atoms with Crippen LogP contribution in [-0.2, 0) is 9.59 Å². The summed E-state index contributed by atoms with van der Waals surface area (Å²) >= 11 is 0. The molecule has 0 radical (unpaired) electrons. The van der Waals surface area contributed by atoms with Gasteiger partial charge in [-0.2, -0.15) is 5.26 Å². The fraction of sp³-hybridized carbons (Fsp3) is 0.800. The highest BCUT2D eigenvalue weighted by Crippen LogP contribution is 2.34. The molecule has 1 saturated heterocycles. The van der Waals surface area contributed by atoms with E-state index in [0.717, 1.165) is 51.6 Å². The Morgan fingerprint density at radius 3 is 2.20 bits per heavy atom. The number of carbonyl (C=O) groups excluding carboxylic acids is 2. The Hall–Kier alpha value is -1.57. The third kappa shape index (κ3) is 3.30. The number of hydrogen-bond acceptors (Lipinski definition) is 3. The molecule has 0 bridgehead atoms. The first-order valence-electron chi connectivity index (χ1n) is 7.65. The highest BCUT2D eigenvalue weighted by Gasteiger charge is 2.39. The zero-order chi connectivity index (χ0) is 14.4. The minimum atomic E-state index is -0.915. The van der Waals surface area contributed by atoms with Gasteiger partial charge < -0.3 is 10.2 Å². The number of likely N-dealkylation sites (tertiary alicyclic amines) is 1. The highest BCUT2D eigenvalue weighted by atomic mass is 16.2. The van der Waals surface area contributed by atoms with Crippen LogP contribution in [0.4, 0.5) is 0 Å². The van der Waals surface area contributed by atoms with Crippen LogP contribution in [0.1, 0.15) is 51.4 Å². The first-order chi connectivity index (χ1) is 9.68. The second-order valence-corrected chi connectivity index (χ2v) is 5.88. The molecule has 20 heavy (non-hydrogen) atoms. The predicted molar refractivity (Wildman–Crippen MR) is 74.6 cm³/mol. The molecular formula is C15H23N3O2. The fourth-order valence-electron chi connectivity index (χ4n) is 3.13. The predicted octanol–water partition coefficient (Wildman–Crippen LogP) is 1.59. The van der Waals surface area contributed by atoms with Crippen LogP contribution in [0.15, 0.2) is 0 Å². The molecule has 1 aliphatic carbocycles. The monoisotopic (exact) mass is 277 g/mol. The van der Waals surface area contributed by atoms with Gasteiger partial charge in [-0.15, -0.1) is 0 Å². The number of nitrogens with zero attached hydrogens (tertiary/aromatic N) is 2. The van der Waals surface area contributed by atoms with Gasteiger partial charge in [-0.3, -0.25) is 9.59 Å². The van der Waals surface area contributed by atoms with Crippen molar-refractivity contribution in [3.05, 3.63) is 0 Å². The molecule has 1 heterocycles. The zero-order valence-corrected chi connectivity index (χ0v) is 12.0. The van der Waals surface area contributed by atoms with Crippen LogP contribution in [0, 0.1) is 16.7 Å². The van der Waals surface area contributed by atoms with Crippen LogP contribution < -0.4 is 5.32 Å². The topological polar surface area (TPSA) is 73.2 Å². The molecule has 1 saturated carbocycles. The average Bonchev–Trinajstić information content (AvgIpc) is 2.89. The second kappa shape index (κ2) is 6.74. The number of carbonyl (C=O) groups is 2. The molecule has 110 valence electrons. The van der Waals surface area contributed by atoms with Crippen LogP contribution in [0.5, 0.6) is 0 Å². The van der Waals surface area contributed by atoms with E-state index in [0.29, 0.717) is 12.8 Å². The summed E-state index contributed by atoms with van der Waals surface area (Å²) in [6.45, 7) is 1.61. The summed E-state index contributed by atoms with van der Waals surface area (Å²) in [5.74, 6) is -0.285. The van der Waals surface area contributed by atoms with Gasteiger partial charge in [0.15, 0.2) is 0 Å². The van der Waals surface area contributed by atoms with Crippen LogP contribution in [0.3, 0.4) is 0 Å². The van der Waals surface area contributed by atoms with Crippen molar-refractivity contribution in [1.82, 2.24) is 10.2 Å². The normalized spacial score (nSPS) is 21.9. The smallest absolute Gasteiger partial charge is 0.241 e. The van der Waals surface area contributed by atoms with Crippen molar-refractivity contribution in [1.29, 1.82) is 5.26 Å². The van der Waals surface area contributed by atoms with Crippen molar-refractivity contribution < 1.29 is 9.59 Å². The molecule has 0 unspecified atom stereocenters. The second-order valence-electron chi connectivity index (χ2n) is 5.88. The maximum atomic E-state index is 12.3. The maximum Gasteiger partial charge on any atom is 0.241 e. The number of rotatable bonds is 3. The molecule has 5 heteroatoms. The molecule has 0 atom stereocenters. The lowest BCUT2D eigenvalue weighted by atomic mass is 9.81. The van der Waals surface area contributed by atoms with Gasteiger partial charge in [0.25, 0.3) is 0 Å². The SMILES string of the molecule is N#CC1(C(=O)NCC(=O)N2CCCC2)CCCCCC1. The largest absolute Gasteiger partial charge is 0.346 e. The van der Waals surface area contributed by atoms with E-state index in [-0.39, 0.29) is 18.4 Å². The van der Waals surface area contributed by atoms with Gasteiger partial charge >= 0.3 is 0 Å². The summed E-state index contributed by atoms with van der Waals surface area (Å²) in [6.07, 6.45) is 7.33. The summed E-state index contributed by atoms with van der Waals surface area (Å²) in [5, 5.41) is 12.1. The number of nitrogens with one attached hydrogen (secondary N) is 1. The summed E-state index contributed by atoms with van der Waals surface area (Å²) < 4.78 is 0. The standard InChI is InChI=1S/C15H23N3O2/c16-12-15(7-3-1-2-4-8-15)14(20)17-11-13(19)18-9-5-6-10-18/h1-11H2,(H,17,20). The van der Waals surface area contributed by atoms with Crippen molar-refractivity contribution in [2.45, 2.75) is 51.4 Å². The van der Waals surface area contributed by atoms with Crippen LogP contribution in [0.25, 0.3) is 0 Å². The Bertz CT molecular complexity index is 400. The van der Waals surface area contributed by atoms with E-state index in [1.165, 1.54) is 0 Å². The van der Waals surface area contributed by atoms with Gasteiger partial charge in [0, 0.05) is 13.1 Å². The van der Waals surface area contributed by atoms with Gasteiger partial charge in [-0.25, -0.2) is 0 Å². The molecule has 2 aliphatic rings. The Kier molecular flexibility index (Phi) is 4.99. The van der Waals surface area contributed by atoms with Gasteiger partial charge in [0.2, 0.25) is 11.8 Å². The van der Waals surface area contributed by atoms with Gasteiger partial charge in [0.05, 0.1) is 12.6 Å². The van der Waals surface area contributed by atoms with Crippen molar-refractivity contribution in [3.8, 4) is 6.07 Å². The summed E-state index contributed by atoms with van der Waals surface area (Å²) in [5.41, 5.74) is -0.915. The summed E-state index contributed by atoms with van der Waals surface area (Å²) in [4.78, 5) is 26.0. The number of nitriles is 1. The number of hydrogen-bond donors (Lipinski definition) is 1. The molecule has 1 N–H and O–H groups in total. The van der Waals surface area contributed by atoms with Crippen molar-refractivity contribution >= 4 is 11.8 Å². The Morgan fingerprint density at radius 2 is 1.65 bits per heavy atom. The lowest BCUT2D eigenvalue weighted by molar-refractivity contribution is -0.134. The molecule has 2 amide bonds. The lowest BCUT2D eigenvalue weighted by Gasteiger charge is -2.24. The average molecular weight is 277 g/mol. The highest BCUT2D eigenvalue weighted by molar-refractivity contribution is 5.89. The molecule has 1 aliphatic heterocycles. The Labute approximate surface area is 120 Å². The van der Waals surface area contributed by atoms with E-state index in [2.05, 4.69) is 11.4 Å². The van der Waals surface area contributed by atoms with Crippen LogP contribution in [-0.4, -0.2) is 36.3 Å². The van der Waals surface area contributed by atoms with Gasteiger partial charge in [-0.05, 0) is 25.7 Å². The van der Waals surface area contributed by atoms with E-state index in [1.807, 2.05) is 0 Å². The summed E-state index contributed by atoms with van der Waals surface area (Å²) in [7, 11) is 0. The number of amides is 2. The van der Waals surface area contributed by atoms with E-state index in [4.69, 9.17) is 0 Å². The van der Waals surface area contributed by atoms with Crippen molar-refractivity contribution in [2.24, 2.45) is 5.41 Å². The van der Waals surface area contributed by atoms with Crippen LogP contribution in [0.2, 0.25) is 0 Å². The Morgan fingerprint density at radius 1 is 1.05 bits per heavy atom. The zero-order valence-electron chi connectivity index (χ0n) is 12.0. The minimum absolute atomic E-state index is 0.0300. The molecule has 0 spiro atoms. The van der Waals surface area contributed by atoms with E-state index < -0.39 is 5.41 Å². The van der Waals surface area contributed by atoms with E-state index in [1.54, 1.807) is 4.90 Å². The molecule has 0 aromatic rings. The molecule has 2 fully saturated rings. The molecule has 0 aromatic carbocycles. The van der Waals surface area contributed by atoms with Gasteiger partial charge in [-0.1, -0.05) is 25.7 Å². The minimum Gasteiger partial charge on any atom is -0.346 e. The molecule has 0 aromatic heterocycles. The fourth-order valence-corrected chi connectivity index (χ4v) is 3.13. The first-order valence-corrected chi connectivity index (χ1v) is 7.65. The van der Waals surface area contributed by atoms with Crippen LogP contribution >= 0.6 is 0 Å². The maximum absolute atomic E-state index is 12.3. The third-order valence-electron chi connectivity index (χ3n) is 4.46. The molecular weight excluding hydrogens is 254 g/mol. The lowest BCUT2D eigenvalue weighted by Crippen LogP contribution is -2.45. The first kappa shape index (κ1) is 14.8. The quantitative estimate of drug-likeness (QED) is 0.796. The van der Waals surface area contributed by atoms with Crippen molar-refractivity contribution in [2.75, 3.05) is 19.6 Å². The molecule has 2 rings (SSSR count). The van der Waals surface area contributed by atoms with Crippen molar-refractivity contribution in [3.63, 3.8) is 0 Å². The van der Waals surface area contributed by atoms with Gasteiger partial charge in [0.1, 0.15) is 5.41 Å². The summed E-state index contributed by atoms with van der Waals surface area (Å²) in [6, 6.07) is 2.21. The van der Waals surface area contributed by atoms with E-state index in [9.17, 15) is 14.9 Å². The van der Waals surface area contributed by atoms with E-state index >= 15 is 0 Å². The Balaban J connectivity index is 1.88. The third-order valence-corrected chi connectivity index (χ3v) is 4.46.